The summed E-state index contributed by atoms with van der Waals surface area (Å²) in [6, 6.07) is 7.78. The van der Waals surface area contributed by atoms with Crippen molar-refractivity contribution in [2.45, 2.75) is 31.7 Å². The van der Waals surface area contributed by atoms with E-state index >= 15 is 0 Å². The van der Waals surface area contributed by atoms with Crippen LogP contribution in [-0.4, -0.2) is 31.5 Å². The van der Waals surface area contributed by atoms with Crippen LogP contribution < -0.4 is 15.4 Å². The minimum absolute atomic E-state index is 0.0296. The van der Waals surface area contributed by atoms with E-state index in [1.54, 1.807) is 7.11 Å². The lowest BCUT2D eigenvalue weighted by atomic mass is 10.1. The first-order chi connectivity index (χ1) is 9.67. The smallest absolute Gasteiger partial charge is 0.220 e. The van der Waals surface area contributed by atoms with Crippen LogP contribution in [0.2, 0.25) is 0 Å². The zero-order valence-corrected chi connectivity index (χ0v) is 11.6. The molecule has 1 saturated heterocycles. The third kappa shape index (κ3) is 4.26. The highest BCUT2D eigenvalue weighted by Gasteiger charge is 2.19. The molecular formula is C15H20N2O3. The molecule has 0 saturated carbocycles. The molecule has 1 aromatic rings. The summed E-state index contributed by atoms with van der Waals surface area (Å²) >= 11 is 0. The zero-order valence-electron chi connectivity index (χ0n) is 11.6. The van der Waals surface area contributed by atoms with Crippen molar-refractivity contribution in [2.24, 2.45) is 0 Å². The van der Waals surface area contributed by atoms with Gasteiger partial charge in [-0.1, -0.05) is 12.1 Å². The molecule has 0 aromatic heterocycles. The largest absolute Gasteiger partial charge is 0.497 e. The lowest BCUT2D eigenvalue weighted by Crippen LogP contribution is -2.47. The molecule has 0 bridgehead atoms. The van der Waals surface area contributed by atoms with E-state index in [-0.39, 0.29) is 17.9 Å². The molecule has 1 unspecified atom stereocenters. The number of rotatable bonds is 5. The molecule has 2 amide bonds. The summed E-state index contributed by atoms with van der Waals surface area (Å²) in [6.45, 7) is 0.535. The molecule has 1 aromatic carbocycles. The number of benzene rings is 1. The van der Waals surface area contributed by atoms with Crippen LogP contribution in [0.5, 0.6) is 5.75 Å². The van der Waals surface area contributed by atoms with Crippen LogP contribution >= 0.6 is 0 Å². The van der Waals surface area contributed by atoms with Crippen LogP contribution in [0, 0.1) is 0 Å². The molecule has 0 aliphatic carbocycles. The number of methoxy groups -OCH3 is 1. The molecule has 5 nitrogen and oxygen atoms in total. The van der Waals surface area contributed by atoms with E-state index in [0.717, 1.165) is 17.7 Å². The van der Waals surface area contributed by atoms with Crippen LogP contribution in [-0.2, 0) is 16.0 Å². The normalized spacial score (nSPS) is 18.2. The van der Waals surface area contributed by atoms with Gasteiger partial charge in [-0.15, -0.1) is 0 Å². The highest BCUT2D eigenvalue weighted by Crippen LogP contribution is 2.12. The third-order valence-electron chi connectivity index (χ3n) is 3.43. The zero-order chi connectivity index (χ0) is 14.4. The molecule has 1 heterocycles. The van der Waals surface area contributed by atoms with Crippen molar-refractivity contribution in [2.75, 3.05) is 13.7 Å². The average molecular weight is 276 g/mol. The summed E-state index contributed by atoms with van der Waals surface area (Å²) in [4.78, 5) is 22.9. The Hall–Kier alpha value is -2.04. The quantitative estimate of drug-likeness (QED) is 0.844. The predicted octanol–water partition coefficient (Wildman–Crippen LogP) is 1.02. The fraction of sp³-hybridized carbons (Fsp3) is 0.467. The molecule has 0 spiro atoms. The predicted molar refractivity (Wildman–Crippen MR) is 75.5 cm³/mol. The summed E-state index contributed by atoms with van der Waals surface area (Å²) in [6.07, 6.45) is 2.37. The lowest BCUT2D eigenvalue weighted by Gasteiger charge is -2.23. The molecular weight excluding hydrogens is 256 g/mol. The van der Waals surface area contributed by atoms with E-state index in [1.165, 1.54) is 0 Å². The van der Waals surface area contributed by atoms with Gasteiger partial charge in [-0.25, -0.2) is 0 Å². The molecule has 2 N–H and O–H groups in total. The number of nitrogens with one attached hydrogen (secondary N) is 2. The Labute approximate surface area is 118 Å². The van der Waals surface area contributed by atoms with Crippen molar-refractivity contribution in [1.82, 2.24) is 10.6 Å². The van der Waals surface area contributed by atoms with Gasteiger partial charge in [0.2, 0.25) is 11.8 Å². The van der Waals surface area contributed by atoms with Gasteiger partial charge >= 0.3 is 0 Å². The van der Waals surface area contributed by atoms with Crippen LogP contribution in [0.3, 0.4) is 0 Å². The topological polar surface area (TPSA) is 67.4 Å². The molecule has 0 radical (unpaired) electrons. The number of hydrogen-bond donors (Lipinski definition) is 2. The van der Waals surface area contributed by atoms with Gasteiger partial charge in [0.05, 0.1) is 7.11 Å². The Morgan fingerprint density at radius 2 is 2.15 bits per heavy atom. The van der Waals surface area contributed by atoms with Crippen molar-refractivity contribution in [1.29, 1.82) is 0 Å². The highest BCUT2D eigenvalue weighted by atomic mass is 16.5. The Morgan fingerprint density at radius 1 is 1.40 bits per heavy atom. The summed E-state index contributed by atoms with van der Waals surface area (Å²) in [7, 11) is 1.63. The Morgan fingerprint density at radius 3 is 2.75 bits per heavy atom. The van der Waals surface area contributed by atoms with Gasteiger partial charge in [0, 0.05) is 25.4 Å². The summed E-state index contributed by atoms with van der Waals surface area (Å²) in [5, 5.41) is 5.71. The molecule has 1 aliphatic heterocycles. The number of hydrogen-bond acceptors (Lipinski definition) is 3. The van der Waals surface area contributed by atoms with Crippen LogP contribution in [0.4, 0.5) is 0 Å². The molecule has 1 atom stereocenters. The number of carbonyl (C=O) groups is 2. The Balaban J connectivity index is 1.72. The second-order valence-corrected chi connectivity index (χ2v) is 4.96. The van der Waals surface area contributed by atoms with E-state index in [1.807, 2.05) is 24.3 Å². The summed E-state index contributed by atoms with van der Waals surface area (Å²) in [5.74, 6) is 0.909. The maximum absolute atomic E-state index is 11.8. The lowest BCUT2D eigenvalue weighted by molar-refractivity contribution is -0.125. The van der Waals surface area contributed by atoms with Gasteiger partial charge in [0.15, 0.2) is 0 Å². The number of piperidine rings is 1. The molecule has 1 aliphatic rings. The monoisotopic (exact) mass is 276 g/mol. The molecule has 2 rings (SSSR count). The van der Waals surface area contributed by atoms with E-state index < -0.39 is 0 Å². The molecule has 1 fully saturated rings. The van der Waals surface area contributed by atoms with Crippen LogP contribution in [0.1, 0.15) is 24.8 Å². The van der Waals surface area contributed by atoms with E-state index in [0.29, 0.717) is 25.8 Å². The van der Waals surface area contributed by atoms with Crippen molar-refractivity contribution in [3.8, 4) is 5.75 Å². The van der Waals surface area contributed by atoms with Gasteiger partial charge in [-0.05, 0) is 30.5 Å². The number of aryl methyl sites for hydroxylation is 1. The Bertz CT molecular complexity index is 461. The minimum atomic E-state index is 0.0296. The van der Waals surface area contributed by atoms with Crippen molar-refractivity contribution in [3.05, 3.63) is 29.8 Å². The number of carbonyl (C=O) groups excluding carboxylic acids is 2. The number of amides is 2. The van der Waals surface area contributed by atoms with Crippen molar-refractivity contribution >= 4 is 11.8 Å². The van der Waals surface area contributed by atoms with Gasteiger partial charge in [-0.2, -0.15) is 0 Å². The standard InChI is InChI=1S/C15H20N2O3/c1-20-13-6-2-11(3-7-13)4-8-15(19)17-12-5-9-14(18)16-10-12/h2-3,6-7,12H,4-5,8-10H2,1H3,(H,16,18)(H,17,19). The average Bonchev–Trinajstić information content (AvgIpc) is 2.48. The van der Waals surface area contributed by atoms with Crippen molar-refractivity contribution < 1.29 is 14.3 Å². The first kappa shape index (κ1) is 14.4. The highest BCUT2D eigenvalue weighted by molar-refractivity contribution is 5.79. The van der Waals surface area contributed by atoms with Crippen LogP contribution in [0.25, 0.3) is 0 Å². The van der Waals surface area contributed by atoms with E-state index in [2.05, 4.69) is 10.6 Å². The van der Waals surface area contributed by atoms with Gasteiger partial charge in [0.1, 0.15) is 5.75 Å². The maximum atomic E-state index is 11.8. The summed E-state index contributed by atoms with van der Waals surface area (Å²) < 4.78 is 5.09. The first-order valence-electron chi connectivity index (χ1n) is 6.86. The Kier molecular flexibility index (Phi) is 4.98. The fourth-order valence-electron chi connectivity index (χ4n) is 2.21. The van der Waals surface area contributed by atoms with Crippen LogP contribution in [0.15, 0.2) is 24.3 Å². The second-order valence-electron chi connectivity index (χ2n) is 4.96. The summed E-state index contributed by atoms with van der Waals surface area (Å²) in [5.41, 5.74) is 1.11. The SMILES string of the molecule is COc1ccc(CCC(=O)NC2CCC(=O)NC2)cc1. The third-order valence-corrected chi connectivity index (χ3v) is 3.43. The number of ether oxygens (including phenoxy) is 1. The minimum Gasteiger partial charge on any atom is -0.497 e. The molecule has 20 heavy (non-hydrogen) atoms. The van der Waals surface area contributed by atoms with Gasteiger partial charge < -0.3 is 15.4 Å². The van der Waals surface area contributed by atoms with E-state index in [9.17, 15) is 9.59 Å². The maximum Gasteiger partial charge on any atom is 0.220 e. The van der Waals surface area contributed by atoms with E-state index in [4.69, 9.17) is 4.74 Å². The second kappa shape index (κ2) is 6.93. The first-order valence-corrected chi connectivity index (χ1v) is 6.86. The molecule has 5 heteroatoms. The van der Waals surface area contributed by atoms with Crippen molar-refractivity contribution in [3.63, 3.8) is 0 Å². The fourth-order valence-corrected chi connectivity index (χ4v) is 2.21. The molecule has 108 valence electrons. The van der Waals surface area contributed by atoms with Gasteiger partial charge in [0.25, 0.3) is 0 Å². The van der Waals surface area contributed by atoms with Gasteiger partial charge in [-0.3, -0.25) is 9.59 Å².